The van der Waals surface area contributed by atoms with Crippen LogP contribution in [0.4, 0.5) is 0 Å². The minimum atomic E-state index is -0.0581. The quantitative estimate of drug-likeness (QED) is 0.770. The summed E-state index contributed by atoms with van der Waals surface area (Å²) in [6.45, 7) is 12.3. The van der Waals surface area contributed by atoms with Gasteiger partial charge in [-0.2, -0.15) is 0 Å². The zero-order valence-electron chi connectivity index (χ0n) is 13.5. The SMILES string of the molecule is CC(=O)N1CCN(C(C(=O)N2CCNCC2)C(C)C)CC1. The number of carbonyl (C=O) groups excluding carboxylic acids is 2. The maximum Gasteiger partial charge on any atom is 0.240 e. The van der Waals surface area contributed by atoms with Crippen LogP contribution in [0.5, 0.6) is 0 Å². The van der Waals surface area contributed by atoms with Crippen molar-refractivity contribution in [2.75, 3.05) is 52.4 Å². The van der Waals surface area contributed by atoms with Crippen molar-refractivity contribution in [2.45, 2.75) is 26.8 Å². The van der Waals surface area contributed by atoms with Crippen LogP contribution in [-0.2, 0) is 9.59 Å². The highest BCUT2D eigenvalue weighted by Gasteiger charge is 2.34. The van der Waals surface area contributed by atoms with Gasteiger partial charge in [0.15, 0.2) is 0 Å². The largest absolute Gasteiger partial charge is 0.340 e. The number of carbonyl (C=O) groups is 2. The standard InChI is InChI=1S/C15H28N4O2/c1-12(2)14(15(21)19-6-4-16-5-7-19)18-10-8-17(9-11-18)13(3)20/h12,14,16H,4-11H2,1-3H3. The first-order chi connectivity index (χ1) is 10.0. The molecule has 6 heteroatoms. The zero-order chi connectivity index (χ0) is 15.4. The van der Waals surface area contributed by atoms with E-state index in [4.69, 9.17) is 0 Å². The summed E-state index contributed by atoms with van der Waals surface area (Å²) in [5.41, 5.74) is 0. The fourth-order valence-electron chi connectivity index (χ4n) is 3.25. The van der Waals surface area contributed by atoms with Gasteiger partial charge in [0.2, 0.25) is 11.8 Å². The van der Waals surface area contributed by atoms with Crippen LogP contribution in [0.2, 0.25) is 0 Å². The first-order valence-corrected chi connectivity index (χ1v) is 7.99. The third-order valence-corrected chi connectivity index (χ3v) is 4.47. The lowest BCUT2D eigenvalue weighted by Crippen LogP contribution is -2.59. The molecule has 0 saturated carbocycles. The number of rotatable bonds is 3. The maximum absolute atomic E-state index is 12.8. The molecule has 2 heterocycles. The van der Waals surface area contributed by atoms with E-state index >= 15 is 0 Å². The molecule has 1 N–H and O–H groups in total. The molecule has 2 saturated heterocycles. The molecule has 0 bridgehead atoms. The van der Waals surface area contributed by atoms with Crippen LogP contribution in [0.25, 0.3) is 0 Å². The van der Waals surface area contributed by atoms with E-state index in [1.807, 2.05) is 9.80 Å². The van der Waals surface area contributed by atoms with Crippen LogP contribution in [0.3, 0.4) is 0 Å². The second-order valence-electron chi connectivity index (χ2n) is 6.31. The molecule has 0 aromatic carbocycles. The molecule has 0 spiro atoms. The van der Waals surface area contributed by atoms with Gasteiger partial charge in [0.05, 0.1) is 6.04 Å². The van der Waals surface area contributed by atoms with E-state index in [0.717, 1.165) is 52.4 Å². The van der Waals surface area contributed by atoms with E-state index < -0.39 is 0 Å². The van der Waals surface area contributed by atoms with Gasteiger partial charge < -0.3 is 15.1 Å². The van der Waals surface area contributed by atoms with Gasteiger partial charge in [-0.05, 0) is 5.92 Å². The average molecular weight is 296 g/mol. The van der Waals surface area contributed by atoms with Crippen molar-refractivity contribution in [3.8, 4) is 0 Å². The molecule has 1 atom stereocenters. The molecule has 6 nitrogen and oxygen atoms in total. The third-order valence-electron chi connectivity index (χ3n) is 4.47. The molecule has 2 rings (SSSR count). The van der Waals surface area contributed by atoms with Crippen LogP contribution in [0, 0.1) is 5.92 Å². The van der Waals surface area contributed by atoms with Crippen molar-refractivity contribution < 1.29 is 9.59 Å². The Morgan fingerprint density at radius 3 is 1.95 bits per heavy atom. The minimum Gasteiger partial charge on any atom is -0.340 e. The molecule has 2 aliphatic heterocycles. The van der Waals surface area contributed by atoms with E-state index in [1.54, 1.807) is 6.92 Å². The van der Waals surface area contributed by atoms with Gasteiger partial charge >= 0.3 is 0 Å². The Morgan fingerprint density at radius 2 is 1.48 bits per heavy atom. The lowest BCUT2D eigenvalue weighted by molar-refractivity contribution is -0.141. The van der Waals surface area contributed by atoms with Crippen LogP contribution >= 0.6 is 0 Å². The van der Waals surface area contributed by atoms with Gasteiger partial charge in [0, 0.05) is 59.3 Å². The second kappa shape index (κ2) is 7.22. The molecule has 2 aliphatic rings. The number of nitrogens with zero attached hydrogens (tertiary/aromatic N) is 3. The lowest BCUT2D eigenvalue weighted by Gasteiger charge is -2.42. The Morgan fingerprint density at radius 1 is 0.905 bits per heavy atom. The first kappa shape index (κ1) is 16.2. The Labute approximate surface area is 127 Å². The van der Waals surface area contributed by atoms with Gasteiger partial charge in [-0.3, -0.25) is 14.5 Å². The van der Waals surface area contributed by atoms with Gasteiger partial charge in [0.1, 0.15) is 0 Å². The summed E-state index contributed by atoms with van der Waals surface area (Å²) in [5, 5.41) is 3.28. The van der Waals surface area contributed by atoms with E-state index in [0.29, 0.717) is 0 Å². The molecule has 0 radical (unpaired) electrons. The Hall–Kier alpha value is -1.14. The smallest absolute Gasteiger partial charge is 0.240 e. The van der Waals surface area contributed by atoms with Crippen molar-refractivity contribution in [1.82, 2.24) is 20.0 Å². The number of hydrogen-bond acceptors (Lipinski definition) is 4. The van der Waals surface area contributed by atoms with Crippen molar-refractivity contribution in [3.63, 3.8) is 0 Å². The molecule has 21 heavy (non-hydrogen) atoms. The summed E-state index contributed by atoms with van der Waals surface area (Å²) >= 11 is 0. The zero-order valence-corrected chi connectivity index (χ0v) is 13.5. The first-order valence-electron chi connectivity index (χ1n) is 7.99. The second-order valence-corrected chi connectivity index (χ2v) is 6.31. The van der Waals surface area contributed by atoms with Crippen LogP contribution in [-0.4, -0.2) is 84.9 Å². The van der Waals surface area contributed by atoms with Crippen LogP contribution < -0.4 is 5.32 Å². The predicted molar refractivity (Wildman–Crippen MR) is 81.9 cm³/mol. The molecule has 0 aliphatic carbocycles. The fraction of sp³-hybridized carbons (Fsp3) is 0.867. The van der Waals surface area contributed by atoms with Crippen LogP contribution in [0.15, 0.2) is 0 Å². The molecule has 1 unspecified atom stereocenters. The van der Waals surface area contributed by atoms with E-state index in [1.165, 1.54) is 0 Å². The highest BCUT2D eigenvalue weighted by Crippen LogP contribution is 2.17. The topological polar surface area (TPSA) is 55.9 Å². The van der Waals surface area contributed by atoms with E-state index in [2.05, 4.69) is 24.1 Å². The van der Waals surface area contributed by atoms with Crippen molar-refractivity contribution in [3.05, 3.63) is 0 Å². The van der Waals surface area contributed by atoms with Gasteiger partial charge in [-0.1, -0.05) is 13.8 Å². The summed E-state index contributed by atoms with van der Waals surface area (Å²) in [6, 6.07) is -0.0581. The summed E-state index contributed by atoms with van der Waals surface area (Å²) in [7, 11) is 0. The lowest BCUT2D eigenvalue weighted by atomic mass is 9.99. The number of amides is 2. The van der Waals surface area contributed by atoms with Gasteiger partial charge in [-0.15, -0.1) is 0 Å². The molecule has 120 valence electrons. The fourth-order valence-corrected chi connectivity index (χ4v) is 3.25. The summed E-state index contributed by atoms with van der Waals surface area (Å²) in [4.78, 5) is 30.4. The van der Waals surface area contributed by atoms with E-state index in [9.17, 15) is 9.59 Å². The molecule has 0 aromatic rings. The van der Waals surface area contributed by atoms with E-state index in [-0.39, 0.29) is 23.8 Å². The molecular weight excluding hydrogens is 268 g/mol. The number of piperazine rings is 2. The number of hydrogen-bond donors (Lipinski definition) is 1. The highest BCUT2D eigenvalue weighted by molar-refractivity contribution is 5.82. The predicted octanol–water partition coefficient (Wildman–Crippen LogP) is -0.393. The Balaban J connectivity index is 1.99. The third kappa shape index (κ3) is 3.95. The molecule has 0 aromatic heterocycles. The maximum atomic E-state index is 12.8. The average Bonchev–Trinajstić information content (AvgIpc) is 2.48. The summed E-state index contributed by atoms with van der Waals surface area (Å²) in [6.07, 6.45) is 0. The molecule has 2 fully saturated rings. The van der Waals surface area contributed by atoms with Crippen LogP contribution in [0.1, 0.15) is 20.8 Å². The highest BCUT2D eigenvalue weighted by atomic mass is 16.2. The molecular formula is C15H28N4O2. The van der Waals surface area contributed by atoms with Gasteiger partial charge in [0.25, 0.3) is 0 Å². The molecule has 2 amide bonds. The monoisotopic (exact) mass is 296 g/mol. The van der Waals surface area contributed by atoms with Gasteiger partial charge in [-0.25, -0.2) is 0 Å². The summed E-state index contributed by atoms with van der Waals surface area (Å²) < 4.78 is 0. The number of nitrogens with one attached hydrogen (secondary N) is 1. The Kier molecular flexibility index (Phi) is 5.58. The Bertz CT molecular complexity index is 372. The minimum absolute atomic E-state index is 0.0581. The van der Waals surface area contributed by atoms with Crippen molar-refractivity contribution in [2.24, 2.45) is 5.92 Å². The van der Waals surface area contributed by atoms with Crippen molar-refractivity contribution in [1.29, 1.82) is 0 Å². The normalized spacial score (nSPS) is 22.5. The summed E-state index contributed by atoms with van der Waals surface area (Å²) in [5.74, 6) is 0.670. The van der Waals surface area contributed by atoms with Crippen molar-refractivity contribution >= 4 is 11.8 Å².